The number of hydrogen-bond acceptors (Lipinski definition) is 8. The monoisotopic (exact) mass is 565 g/mol. The van der Waals surface area contributed by atoms with Gasteiger partial charge in [0.25, 0.3) is 5.56 Å². The number of aromatic nitrogens is 1. The third-order valence-electron chi connectivity index (χ3n) is 6.64. The number of methoxy groups -OCH3 is 1. The van der Waals surface area contributed by atoms with Crippen LogP contribution in [0.15, 0.2) is 93.9 Å². The van der Waals surface area contributed by atoms with E-state index in [4.69, 9.17) is 14.2 Å². The number of allylic oxidation sites excluding steroid dienone is 1. The average molecular weight is 566 g/mol. The molecule has 206 valence electrons. The van der Waals surface area contributed by atoms with Crippen LogP contribution in [0.5, 0.6) is 11.5 Å². The summed E-state index contributed by atoms with van der Waals surface area (Å²) >= 11 is 1.25. The number of rotatable bonds is 8. The number of nitriles is 1. The molecule has 2 heterocycles. The molecule has 0 spiro atoms. The number of nitrogens with zero attached hydrogens (tertiary/aromatic N) is 3. The lowest BCUT2D eigenvalue weighted by atomic mass is 9.96. The van der Waals surface area contributed by atoms with E-state index in [2.05, 4.69) is 11.1 Å². The van der Waals surface area contributed by atoms with Crippen LogP contribution in [0.4, 0.5) is 0 Å². The third-order valence-corrected chi connectivity index (χ3v) is 7.62. The Morgan fingerprint density at radius 3 is 2.59 bits per heavy atom. The normalized spacial score (nSPS) is 14.6. The number of thiazole rings is 1. The van der Waals surface area contributed by atoms with Gasteiger partial charge < -0.3 is 14.2 Å². The van der Waals surface area contributed by atoms with Gasteiger partial charge in [-0.3, -0.25) is 9.36 Å². The largest absolute Gasteiger partial charge is 0.493 e. The average Bonchev–Trinajstić information content (AvgIpc) is 3.29. The number of esters is 1. The van der Waals surface area contributed by atoms with E-state index in [1.165, 1.54) is 11.3 Å². The van der Waals surface area contributed by atoms with Crippen molar-refractivity contribution in [3.63, 3.8) is 0 Å². The van der Waals surface area contributed by atoms with Gasteiger partial charge in [0.2, 0.25) is 0 Å². The minimum Gasteiger partial charge on any atom is -0.493 e. The van der Waals surface area contributed by atoms with Gasteiger partial charge in [-0.05, 0) is 49.2 Å². The van der Waals surface area contributed by atoms with Crippen LogP contribution < -0.4 is 24.4 Å². The van der Waals surface area contributed by atoms with E-state index in [9.17, 15) is 14.9 Å². The Bertz CT molecular complexity index is 1870. The Hall–Kier alpha value is -4.94. The number of fused-ring (bicyclic) bond motifs is 1. The molecule has 0 aliphatic carbocycles. The van der Waals surface area contributed by atoms with Crippen molar-refractivity contribution in [2.75, 3.05) is 13.7 Å². The Kier molecular flexibility index (Phi) is 8.13. The fraction of sp³-hybridized carbons (Fsp3) is 0.188. The molecule has 1 aromatic heterocycles. The summed E-state index contributed by atoms with van der Waals surface area (Å²) in [5.41, 5.74) is 3.45. The first-order valence-electron chi connectivity index (χ1n) is 13.0. The Balaban J connectivity index is 1.53. The Morgan fingerprint density at radius 2 is 1.85 bits per heavy atom. The molecule has 1 atom stereocenters. The molecule has 0 fully saturated rings. The number of ether oxygens (including phenoxy) is 3. The van der Waals surface area contributed by atoms with Crippen LogP contribution in [0.3, 0.4) is 0 Å². The van der Waals surface area contributed by atoms with Gasteiger partial charge in [0, 0.05) is 5.56 Å². The van der Waals surface area contributed by atoms with Crippen molar-refractivity contribution in [2.45, 2.75) is 26.5 Å². The topological polar surface area (TPSA) is 103 Å². The van der Waals surface area contributed by atoms with Crippen molar-refractivity contribution in [1.82, 2.24) is 4.57 Å². The van der Waals surface area contributed by atoms with Gasteiger partial charge in [-0.1, -0.05) is 65.9 Å². The van der Waals surface area contributed by atoms with E-state index in [-0.39, 0.29) is 18.8 Å². The maximum absolute atomic E-state index is 13.8. The number of carbonyl (C=O) groups is 1. The predicted octanol–water partition coefficient (Wildman–Crippen LogP) is 4.26. The van der Waals surface area contributed by atoms with Crippen molar-refractivity contribution in [2.24, 2.45) is 4.99 Å². The molecule has 3 aromatic carbocycles. The van der Waals surface area contributed by atoms with Crippen molar-refractivity contribution >= 4 is 23.4 Å². The van der Waals surface area contributed by atoms with E-state index in [1.54, 1.807) is 49.8 Å². The van der Waals surface area contributed by atoms with Crippen LogP contribution in [0.25, 0.3) is 6.08 Å². The quantitative estimate of drug-likeness (QED) is 0.296. The van der Waals surface area contributed by atoms with Gasteiger partial charge in [-0.2, -0.15) is 5.26 Å². The summed E-state index contributed by atoms with van der Waals surface area (Å²) in [5, 5.41) is 9.34. The molecule has 4 aromatic rings. The van der Waals surface area contributed by atoms with Crippen LogP contribution in [0.1, 0.15) is 42.1 Å². The van der Waals surface area contributed by atoms with Crippen molar-refractivity contribution in [3.8, 4) is 17.6 Å². The van der Waals surface area contributed by atoms with Gasteiger partial charge in [0.15, 0.2) is 16.3 Å². The van der Waals surface area contributed by atoms with Crippen LogP contribution in [-0.2, 0) is 16.1 Å². The molecule has 0 amide bonds. The van der Waals surface area contributed by atoms with E-state index < -0.39 is 12.0 Å². The molecule has 0 bridgehead atoms. The summed E-state index contributed by atoms with van der Waals surface area (Å²) in [5.74, 6) is 0.510. The molecule has 0 saturated heterocycles. The van der Waals surface area contributed by atoms with E-state index in [0.717, 1.165) is 16.7 Å². The van der Waals surface area contributed by atoms with E-state index >= 15 is 0 Å². The minimum absolute atomic E-state index is 0.208. The molecule has 1 aliphatic heterocycles. The van der Waals surface area contributed by atoms with Crippen LogP contribution in [-0.4, -0.2) is 24.3 Å². The summed E-state index contributed by atoms with van der Waals surface area (Å²) in [4.78, 5) is 31.9. The lowest BCUT2D eigenvalue weighted by molar-refractivity contribution is -0.139. The molecule has 0 radical (unpaired) electrons. The van der Waals surface area contributed by atoms with Crippen LogP contribution >= 0.6 is 11.3 Å². The molecular weight excluding hydrogens is 538 g/mol. The highest BCUT2D eigenvalue weighted by molar-refractivity contribution is 7.07. The molecule has 0 N–H and O–H groups in total. The van der Waals surface area contributed by atoms with Crippen LogP contribution in [0.2, 0.25) is 0 Å². The maximum Gasteiger partial charge on any atom is 0.338 e. The number of carbonyl (C=O) groups excluding carboxylic acids is 1. The van der Waals surface area contributed by atoms with E-state index in [1.807, 2.05) is 54.6 Å². The van der Waals surface area contributed by atoms with Crippen molar-refractivity contribution in [3.05, 3.63) is 126 Å². The Morgan fingerprint density at radius 1 is 1.10 bits per heavy atom. The molecule has 5 rings (SSSR count). The number of hydrogen-bond donors (Lipinski definition) is 0. The molecule has 1 aliphatic rings. The van der Waals surface area contributed by atoms with Crippen LogP contribution in [0, 0.1) is 11.3 Å². The summed E-state index contributed by atoms with van der Waals surface area (Å²) in [7, 11) is 1.54. The SMILES string of the molecule is CCOC(=O)C1=C(C)N=c2s/c(=C\c3ccc(OCc4ccccc4C#N)c(OC)c3)c(=O)n2[C@@H]1c1ccccc1. The first-order valence-corrected chi connectivity index (χ1v) is 13.8. The van der Waals surface area contributed by atoms with E-state index in [0.29, 0.717) is 37.7 Å². The lowest BCUT2D eigenvalue weighted by Crippen LogP contribution is -2.39. The zero-order chi connectivity index (χ0) is 28.9. The molecular formula is C32H27N3O5S. The second-order valence-corrected chi connectivity index (χ2v) is 10.2. The summed E-state index contributed by atoms with van der Waals surface area (Å²) in [6, 6.07) is 23.6. The zero-order valence-corrected chi connectivity index (χ0v) is 23.6. The fourth-order valence-electron chi connectivity index (χ4n) is 4.70. The molecule has 0 unspecified atom stereocenters. The zero-order valence-electron chi connectivity index (χ0n) is 22.8. The highest BCUT2D eigenvalue weighted by atomic mass is 32.1. The third kappa shape index (κ3) is 5.55. The summed E-state index contributed by atoms with van der Waals surface area (Å²) in [6.45, 7) is 3.93. The summed E-state index contributed by atoms with van der Waals surface area (Å²) < 4.78 is 18.9. The Labute approximate surface area is 240 Å². The molecule has 9 heteroatoms. The van der Waals surface area contributed by atoms with Gasteiger partial charge in [0.05, 0.1) is 47.2 Å². The van der Waals surface area contributed by atoms with Gasteiger partial charge in [0.1, 0.15) is 6.61 Å². The van der Waals surface area contributed by atoms with Crippen molar-refractivity contribution in [1.29, 1.82) is 5.26 Å². The maximum atomic E-state index is 13.8. The number of benzene rings is 3. The van der Waals surface area contributed by atoms with Gasteiger partial charge in [-0.25, -0.2) is 9.79 Å². The first kappa shape index (κ1) is 27.6. The fourth-order valence-corrected chi connectivity index (χ4v) is 5.74. The predicted molar refractivity (Wildman–Crippen MR) is 155 cm³/mol. The van der Waals surface area contributed by atoms with Gasteiger partial charge >= 0.3 is 5.97 Å². The first-order chi connectivity index (χ1) is 19.9. The highest BCUT2D eigenvalue weighted by Crippen LogP contribution is 2.31. The minimum atomic E-state index is -0.657. The van der Waals surface area contributed by atoms with Crippen molar-refractivity contribution < 1.29 is 19.0 Å². The standard InChI is InChI=1S/C32H27N3O5S/c1-4-39-31(37)28-20(2)34-32-35(29(28)22-10-6-5-7-11-22)30(36)27(41-32)17-21-14-15-25(26(16-21)38-3)40-19-24-13-9-8-12-23(24)18-33/h5-17,29H,4,19H2,1-3H3/b27-17-/t29-/m1/s1. The van der Waals surface area contributed by atoms with Gasteiger partial charge in [-0.15, -0.1) is 0 Å². The second kappa shape index (κ2) is 12.1. The molecule has 8 nitrogen and oxygen atoms in total. The lowest BCUT2D eigenvalue weighted by Gasteiger charge is -2.24. The smallest absolute Gasteiger partial charge is 0.338 e. The second-order valence-electron chi connectivity index (χ2n) is 9.18. The summed E-state index contributed by atoms with van der Waals surface area (Å²) in [6.07, 6.45) is 1.77. The highest BCUT2D eigenvalue weighted by Gasteiger charge is 2.33. The molecule has 0 saturated carbocycles. The molecule has 41 heavy (non-hydrogen) atoms.